The van der Waals surface area contributed by atoms with Crippen LogP contribution < -0.4 is 0 Å². The summed E-state index contributed by atoms with van der Waals surface area (Å²) in [4.78, 5) is 0. The molecule has 0 aliphatic carbocycles. The number of fused-ring (bicyclic) bond motifs is 2. The standard InChI is InChI=1S/C21H23.C20H21.C2H6Si.2ClH.Zr/c1-4-6-17-7-9-18(10-8-17)20-12-15(3)11-19-13-16(5-2)14-21(19)20;1-4-5-16-6-8-17(9-7-16)19-12-14(2)10-18-11-15(3)13-20(18)19;1-3-2;;;/h7-14H,4-6H2,1-3H3;6-13H,4-5H2,1-3H3;1-2H3;2*1H;/q2*-1;;;;+4/p-2. The van der Waals surface area contributed by atoms with E-state index in [1.54, 1.807) is 0 Å². The molecule has 0 amide bonds. The van der Waals surface area contributed by atoms with Crippen LogP contribution in [0.15, 0.2) is 97.1 Å². The third-order valence-electron chi connectivity index (χ3n) is 8.15. The fourth-order valence-electron chi connectivity index (χ4n) is 6.11. The summed E-state index contributed by atoms with van der Waals surface area (Å²) in [6, 6.07) is 36.6. The summed E-state index contributed by atoms with van der Waals surface area (Å²) >= 11 is -0.826. The topological polar surface area (TPSA) is 0 Å². The van der Waals surface area contributed by atoms with Crippen LogP contribution in [0.2, 0.25) is 13.1 Å². The normalized spacial score (nSPS) is 10.3. The molecule has 6 rings (SSSR count). The molecule has 244 valence electrons. The molecule has 0 aromatic heterocycles. The molecule has 0 fully saturated rings. The van der Waals surface area contributed by atoms with Crippen LogP contribution in [0.25, 0.3) is 43.8 Å². The molecule has 6 aromatic carbocycles. The zero-order chi connectivity index (χ0) is 34.3. The molecule has 0 unspecified atom stereocenters. The Balaban J connectivity index is 0.000000219. The minimum absolute atomic E-state index is 0.826. The van der Waals surface area contributed by atoms with E-state index in [1.807, 2.05) is 0 Å². The average Bonchev–Trinajstić information content (AvgIpc) is 3.65. The van der Waals surface area contributed by atoms with E-state index in [9.17, 15) is 0 Å². The molecule has 2 radical (unpaired) electrons. The fraction of sp³-hybridized carbons (Fsp3) is 0.302. The quantitative estimate of drug-likeness (QED) is 0.112. The summed E-state index contributed by atoms with van der Waals surface area (Å²) in [6.45, 7) is 17.5. The monoisotopic (exact) mass is 754 g/mol. The van der Waals surface area contributed by atoms with E-state index in [2.05, 4.69) is 152 Å². The molecule has 0 saturated carbocycles. The molecule has 47 heavy (non-hydrogen) atoms. The van der Waals surface area contributed by atoms with Crippen molar-refractivity contribution >= 4 is 48.1 Å². The van der Waals surface area contributed by atoms with Crippen LogP contribution in [0.1, 0.15) is 67.0 Å². The van der Waals surface area contributed by atoms with Gasteiger partial charge in [0, 0.05) is 9.52 Å². The zero-order valence-corrected chi connectivity index (χ0v) is 34.5. The van der Waals surface area contributed by atoms with Crippen molar-refractivity contribution in [1.29, 1.82) is 0 Å². The van der Waals surface area contributed by atoms with Crippen molar-refractivity contribution in [3.05, 3.63) is 130 Å². The number of halogens is 2. The number of aryl methyl sites for hydroxylation is 6. The maximum atomic E-state index is 4.93. The third-order valence-corrected chi connectivity index (χ3v) is 8.15. The first-order valence-corrected chi connectivity index (χ1v) is 25.2. The van der Waals surface area contributed by atoms with E-state index < -0.39 is 20.8 Å². The Morgan fingerprint density at radius 3 is 1.40 bits per heavy atom. The van der Waals surface area contributed by atoms with E-state index in [0.717, 1.165) is 15.9 Å². The van der Waals surface area contributed by atoms with E-state index in [4.69, 9.17) is 17.0 Å². The van der Waals surface area contributed by atoms with Gasteiger partial charge in [-0.25, -0.2) is 0 Å². The van der Waals surface area contributed by atoms with Gasteiger partial charge in [-0.05, 0) is 55.4 Å². The molecular weight excluding hydrogens is 707 g/mol. The molecule has 0 heterocycles. The van der Waals surface area contributed by atoms with Crippen molar-refractivity contribution < 1.29 is 20.8 Å². The van der Waals surface area contributed by atoms with Crippen molar-refractivity contribution in [3.8, 4) is 22.3 Å². The Labute approximate surface area is 306 Å². The van der Waals surface area contributed by atoms with Gasteiger partial charge < -0.3 is 0 Å². The van der Waals surface area contributed by atoms with Gasteiger partial charge in [-0.3, -0.25) is 0 Å². The van der Waals surface area contributed by atoms with Crippen LogP contribution in [-0.4, -0.2) is 9.52 Å². The maximum absolute atomic E-state index is 4.93. The van der Waals surface area contributed by atoms with Gasteiger partial charge in [0.1, 0.15) is 0 Å². The van der Waals surface area contributed by atoms with Gasteiger partial charge in [-0.2, -0.15) is 12.1 Å². The van der Waals surface area contributed by atoms with Gasteiger partial charge in [-0.1, -0.05) is 137 Å². The summed E-state index contributed by atoms with van der Waals surface area (Å²) in [5, 5.41) is 5.49. The van der Waals surface area contributed by atoms with Gasteiger partial charge in [0.15, 0.2) is 0 Å². The van der Waals surface area contributed by atoms with Crippen LogP contribution in [0.4, 0.5) is 0 Å². The summed E-state index contributed by atoms with van der Waals surface area (Å²) in [5.74, 6) is 0. The van der Waals surface area contributed by atoms with Gasteiger partial charge >= 0.3 is 37.9 Å². The van der Waals surface area contributed by atoms with Crippen molar-refractivity contribution in [2.75, 3.05) is 0 Å². The zero-order valence-electron chi connectivity index (χ0n) is 29.5. The first-order chi connectivity index (χ1) is 22.7. The van der Waals surface area contributed by atoms with E-state index in [1.165, 1.54) is 103 Å². The van der Waals surface area contributed by atoms with E-state index >= 15 is 0 Å². The SMILES string of the molecule is CCCc1ccc(-c2cc(C)cc3[cH-]c(C)cc23)cc1.CCCc1ccc(-c2cc(C)cc3[cH-]c(CC)cc23)cc1.C[Si]C.[Cl][Zr+2][Cl]. The summed E-state index contributed by atoms with van der Waals surface area (Å²) in [5.41, 5.74) is 13.7. The van der Waals surface area contributed by atoms with Crippen molar-refractivity contribution in [3.63, 3.8) is 0 Å². The second kappa shape index (κ2) is 20.3. The molecule has 6 aromatic rings. The van der Waals surface area contributed by atoms with Crippen molar-refractivity contribution in [2.24, 2.45) is 0 Å². The third kappa shape index (κ3) is 11.4. The summed E-state index contributed by atoms with van der Waals surface area (Å²) in [7, 11) is 11.0. The van der Waals surface area contributed by atoms with Crippen LogP contribution in [0, 0.1) is 20.8 Å². The van der Waals surface area contributed by atoms with Crippen LogP contribution in [0.3, 0.4) is 0 Å². The van der Waals surface area contributed by atoms with Gasteiger partial charge in [0.2, 0.25) is 0 Å². The fourth-order valence-corrected chi connectivity index (χ4v) is 6.11. The molecule has 0 aliphatic rings. The van der Waals surface area contributed by atoms with E-state index in [0.29, 0.717) is 0 Å². The Kier molecular flexibility index (Phi) is 17.0. The molecule has 4 heteroatoms. The molecule has 0 saturated heterocycles. The number of hydrogen-bond acceptors (Lipinski definition) is 0. The Morgan fingerprint density at radius 2 is 1.00 bits per heavy atom. The van der Waals surface area contributed by atoms with Crippen LogP contribution >= 0.6 is 17.0 Å². The second-order valence-corrected chi connectivity index (χ2v) is 17.1. The molecular formula is C43H50Cl2SiZr. The number of rotatable bonds is 7. The summed E-state index contributed by atoms with van der Waals surface area (Å²) < 4.78 is 0. The predicted octanol–water partition coefficient (Wildman–Crippen LogP) is 14.0. The number of benzene rings is 4. The first-order valence-electron chi connectivity index (χ1n) is 16.8. The van der Waals surface area contributed by atoms with Crippen molar-refractivity contribution in [2.45, 2.75) is 86.7 Å². The van der Waals surface area contributed by atoms with Crippen LogP contribution in [0.5, 0.6) is 0 Å². The molecule has 0 atom stereocenters. The molecule has 0 nitrogen and oxygen atoms in total. The molecule has 0 spiro atoms. The Bertz CT molecular complexity index is 1790. The van der Waals surface area contributed by atoms with Crippen molar-refractivity contribution in [1.82, 2.24) is 0 Å². The Hall–Kier alpha value is -2.22. The summed E-state index contributed by atoms with van der Waals surface area (Å²) in [6.07, 6.45) is 5.84. The van der Waals surface area contributed by atoms with Gasteiger partial charge in [0.25, 0.3) is 0 Å². The average molecular weight is 757 g/mol. The predicted molar refractivity (Wildman–Crippen MR) is 211 cm³/mol. The second-order valence-electron chi connectivity index (χ2n) is 12.3. The molecule has 0 N–H and O–H groups in total. The van der Waals surface area contributed by atoms with E-state index in [-0.39, 0.29) is 0 Å². The first kappa shape index (κ1) is 39.2. The minimum atomic E-state index is -0.826. The van der Waals surface area contributed by atoms with Crippen LogP contribution in [-0.2, 0) is 40.1 Å². The van der Waals surface area contributed by atoms with Gasteiger partial charge in [0.05, 0.1) is 0 Å². The Morgan fingerprint density at radius 1 is 0.596 bits per heavy atom. The van der Waals surface area contributed by atoms with Gasteiger partial charge in [-0.15, -0.1) is 56.9 Å². The molecule has 0 bridgehead atoms. The molecule has 0 aliphatic heterocycles. The number of hydrogen-bond donors (Lipinski definition) is 0.